The van der Waals surface area contributed by atoms with Crippen LogP contribution in [0.5, 0.6) is 0 Å². The van der Waals surface area contributed by atoms with Crippen LogP contribution in [0, 0.1) is 5.82 Å². The Morgan fingerprint density at radius 3 is 2.68 bits per heavy atom. The second-order valence-electron chi connectivity index (χ2n) is 4.80. The number of methoxy groups -OCH3 is 1. The summed E-state index contributed by atoms with van der Waals surface area (Å²) in [5.41, 5.74) is 0.900. The topological polar surface area (TPSA) is 65.2 Å². The molecule has 0 aliphatic heterocycles. The number of ether oxygens (including phenoxy) is 1. The third-order valence-corrected chi connectivity index (χ3v) is 4.26. The van der Waals surface area contributed by atoms with Crippen LogP contribution >= 0.6 is 11.8 Å². The smallest absolute Gasteiger partial charge is 0.318 e. The summed E-state index contributed by atoms with van der Waals surface area (Å²) in [6, 6.07) is 6.16. The van der Waals surface area contributed by atoms with Gasteiger partial charge in [0.2, 0.25) is 5.89 Å². The summed E-state index contributed by atoms with van der Waals surface area (Å²) in [7, 11) is 1.36. The number of hydrogen-bond acceptors (Lipinski definition) is 6. The number of rotatable bonds is 6. The number of carbonyl (C=O) groups excluding carboxylic acids is 1. The summed E-state index contributed by atoms with van der Waals surface area (Å²) in [4.78, 5) is 15.7. The minimum absolute atomic E-state index is 0.122. The molecule has 0 aliphatic rings. The van der Waals surface area contributed by atoms with Crippen LogP contribution in [0.2, 0.25) is 0 Å². The maximum Gasteiger partial charge on any atom is 0.318 e. The van der Waals surface area contributed by atoms with E-state index >= 15 is 0 Å². The number of carbonyl (C=O) groups is 1. The monoisotopic (exact) mass is 324 g/mol. The largest absolute Gasteiger partial charge is 0.468 e. The lowest BCUT2D eigenvalue weighted by Crippen LogP contribution is -2.15. The lowest BCUT2D eigenvalue weighted by Gasteiger charge is -2.11. The first-order valence-corrected chi connectivity index (χ1v) is 7.74. The Morgan fingerprint density at radius 1 is 1.36 bits per heavy atom. The number of halogens is 1. The van der Waals surface area contributed by atoms with E-state index in [0.29, 0.717) is 18.1 Å². The fourth-order valence-corrected chi connectivity index (χ4v) is 2.91. The van der Waals surface area contributed by atoms with Gasteiger partial charge in [-0.1, -0.05) is 17.3 Å². The second kappa shape index (κ2) is 7.40. The zero-order chi connectivity index (χ0) is 16.1. The Kier molecular flexibility index (Phi) is 5.54. The molecular formula is C15H17FN2O3S. The van der Waals surface area contributed by atoms with Gasteiger partial charge in [-0.15, -0.1) is 11.8 Å². The third-order valence-electron chi connectivity index (χ3n) is 3.05. The molecule has 0 aliphatic carbocycles. The Labute approximate surface area is 132 Å². The van der Waals surface area contributed by atoms with Crippen molar-refractivity contribution in [2.24, 2.45) is 0 Å². The maximum absolute atomic E-state index is 12.9. The first-order chi connectivity index (χ1) is 10.5. The molecule has 0 saturated carbocycles. The molecule has 7 heteroatoms. The summed E-state index contributed by atoms with van der Waals surface area (Å²) in [5, 5.41) is 3.48. The predicted octanol–water partition coefficient (Wildman–Crippen LogP) is 3.16. The molecule has 1 heterocycles. The summed E-state index contributed by atoms with van der Waals surface area (Å²) in [5.74, 6) is 0.417. The first kappa shape index (κ1) is 16.5. The minimum Gasteiger partial charge on any atom is -0.468 e. The molecule has 118 valence electrons. The normalized spacial score (nSPS) is 13.6. The van der Waals surface area contributed by atoms with Gasteiger partial charge in [0.15, 0.2) is 5.82 Å². The highest BCUT2D eigenvalue weighted by Crippen LogP contribution is 2.31. The quantitative estimate of drug-likeness (QED) is 0.761. The van der Waals surface area contributed by atoms with Crippen molar-refractivity contribution in [2.45, 2.75) is 30.8 Å². The van der Waals surface area contributed by atoms with Crippen LogP contribution in [0.25, 0.3) is 0 Å². The van der Waals surface area contributed by atoms with E-state index in [9.17, 15) is 9.18 Å². The van der Waals surface area contributed by atoms with E-state index in [0.717, 1.165) is 5.56 Å². The van der Waals surface area contributed by atoms with Crippen LogP contribution in [-0.2, 0) is 16.0 Å². The molecule has 5 nitrogen and oxygen atoms in total. The molecule has 2 aromatic rings. The van der Waals surface area contributed by atoms with E-state index < -0.39 is 0 Å². The van der Waals surface area contributed by atoms with Crippen molar-refractivity contribution in [3.63, 3.8) is 0 Å². The van der Waals surface area contributed by atoms with E-state index in [-0.39, 0.29) is 22.3 Å². The molecule has 0 fully saturated rings. The van der Waals surface area contributed by atoms with Crippen LogP contribution in [0.4, 0.5) is 4.39 Å². The van der Waals surface area contributed by atoms with Crippen molar-refractivity contribution in [1.29, 1.82) is 0 Å². The Morgan fingerprint density at radius 2 is 2.05 bits per heavy atom. The Bertz CT molecular complexity index is 630. The Balaban J connectivity index is 1.98. The number of benzene rings is 1. The molecule has 0 bridgehead atoms. The Hall–Kier alpha value is -1.89. The fourth-order valence-electron chi connectivity index (χ4n) is 1.88. The lowest BCUT2D eigenvalue weighted by atomic mass is 10.1. The summed E-state index contributed by atoms with van der Waals surface area (Å²) in [6.45, 7) is 3.65. The van der Waals surface area contributed by atoms with Gasteiger partial charge >= 0.3 is 5.97 Å². The average Bonchev–Trinajstić information content (AvgIpc) is 2.97. The van der Waals surface area contributed by atoms with Crippen LogP contribution in [0.3, 0.4) is 0 Å². The van der Waals surface area contributed by atoms with Crippen LogP contribution < -0.4 is 0 Å². The summed E-state index contributed by atoms with van der Waals surface area (Å²) in [6.07, 6.45) is 0.466. The van der Waals surface area contributed by atoms with Gasteiger partial charge in [-0.05, 0) is 31.5 Å². The maximum atomic E-state index is 12.9. The summed E-state index contributed by atoms with van der Waals surface area (Å²) < 4.78 is 22.8. The number of thioether (sulfide) groups is 1. The van der Waals surface area contributed by atoms with Gasteiger partial charge in [0.25, 0.3) is 0 Å². The average molecular weight is 324 g/mol. The number of hydrogen-bond donors (Lipinski definition) is 0. The van der Waals surface area contributed by atoms with Crippen LogP contribution in [0.15, 0.2) is 28.8 Å². The zero-order valence-electron chi connectivity index (χ0n) is 12.6. The predicted molar refractivity (Wildman–Crippen MR) is 81.0 cm³/mol. The highest BCUT2D eigenvalue weighted by atomic mass is 32.2. The van der Waals surface area contributed by atoms with E-state index in [1.165, 1.54) is 31.0 Å². The third kappa shape index (κ3) is 4.30. The van der Waals surface area contributed by atoms with E-state index in [2.05, 4.69) is 14.9 Å². The molecule has 0 unspecified atom stereocenters. The fraction of sp³-hybridized carbons (Fsp3) is 0.400. The van der Waals surface area contributed by atoms with Crippen LogP contribution in [0.1, 0.15) is 36.4 Å². The van der Waals surface area contributed by atoms with E-state index in [1.54, 1.807) is 19.1 Å². The molecular weight excluding hydrogens is 307 g/mol. The van der Waals surface area contributed by atoms with E-state index in [4.69, 9.17) is 4.52 Å². The summed E-state index contributed by atoms with van der Waals surface area (Å²) >= 11 is 1.39. The van der Waals surface area contributed by atoms with Gasteiger partial charge in [0.05, 0.1) is 12.4 Å². The van der Waals surface area contributed by atoms with Gasteiger partial charge in [0, 0.05) is 6.42 Å². The lowest BCUT2D eigenvalue weighted by molar-refractivity contribution is -0.139. The first-order valence-electron chi connectivity index (χ1n) is 6.79. The minimum atomic E-state index is -0.313. The standard InChI is InChI=1S/C15H17FN2O3S/c1-9(22-10(2)15(19)20-3)14-17-13(18-21-14)8-11-4-6-12(16)7-5-11/h4-7,9-10H,8H2,1-3H3/t9-,10-/m0/s1. The van der Waals surface area contributed by atoms with Crippen molar-refractivity contribution in [3.8, 4) is 0 Å². The highest BCUT2D eigenvalue weighted by Gasteiger charge is 2.22. The van der Waals surface area contributed by atoms with Gasteiger partial charge in [-0.3, -0.25) is 4.79 Å². The van der Waals surface area contributed by atoms with Crippen molar-refractivity contribution < 1.29 is 18.4 Å². The number of nitrogens with zero attached hydrogens (tertiary/aromatic N) is 2. The second-order valence-corrected chi connectivity index (χ2v) is 6.48. The molecule has 0 amide bonds. The molecule has 0 spiro atoms. The molecule has 2 atom stereocenters. The number of esters is 1. The van der Waals surface area contributed by atoms with Gasteiger partial charge in [-0.2, -0.15) is 4.98 Å². The highest BCUT2D eigenvalue weighted by molar-refractivity contribution is 8.00. The molecule has 2 rings (SSSR count). The molecule has 0 saturated heterocycles. The van der Waals surface area contributed by atoms with Crippen molar-refractivity contribution in [3.05, 3.63) is 47.4 Å². The van der Waals surface area contributed by atoms with Gasteiger partial charge in [-0.25, -0.2) is 4.39 Å². The molecule has 1 aromatic heterocycles. The zero-order valence-corrected chi connectivity index (χ0v) is 13.4. The van der Waals surface area contributed by atoms with Crippen molar-refractivity contribution >= 4 is 17.7 Å². The molecule has 0 N–H and O–H groups in total. The van der Waals surface area contributed by atoms with Gasteiger partial charge in [0.1, 0.15) is 11.1 Å². The molecule has 1 aromatic carbocycles. The van der Waals surface area contributed by atoms with Crippen LogP contribution in [-0.4, -0.2) is 28.5 Å². The molecule has 22 heavy (non-hydrogen) atoms. The number of aromatic nitrogens is 2. The SMILES string of the molecule is COC(=O)[C@H](C)S[C@@H](C)c1nc(Cc2ccc(F)cc2)no1. The van der Waals surface area contributed by atoms with Crippen molar-refractivity contribution in [1.82, 2.24) is 10.1 Å². The van der Waals surface area contributed by atoms with Gasteiger partial charge < -0.3 is 9.26 Å². The molecule has 0 radical (unpaired) electrons. The van der Waals surface area contributed by atoms with Crippen molar-refractivity contribution in [2.75, 3.05) is 7.11 Å². The van der Waals surface area contributed by atoms with E-state index in [1.807, 2.05) is 6.92 Å².